The van der Waals surface area contributed by atoms with E-state index in [0.29, 0.717) is 12.6 Å². The number of anilines is 1. The number of amides is 1. The molecule has 0 radical (unpaired) electrons. The van der Waals surface area contributed by atoms with Crippen LogP contribution in [0.25, 0.3) is 0 Å². The van der Waals surface area contributed by atoms with Crippen molar-refractivity contribution >= 4 is 11.6 Å². The third-order valence-electron chi connectivity index (χ3n) is 3.36. The average Bonchev–Trinajstić information content (AvgIpc) is 2.91. The molecular formula is C14H21N3O. The predicted octanol–water partition coefficient (Wildman–Crippen LogP) is 1.31. The topological polar surface area (TPSA) is 44.4 Å². The zero-order valence-electron chi connectivity index (χ0n) is 10.9. The lowest BCUT2D eigenvalue weighted by Gasteiger charge is -2.26. The number of benzene rings is 1. The van der Waals surface area contributed by atoms with E-state index >= 15 is 0 Å². The van der Waals surface area contributed by atoms with Crippen molar-refractivity contribution in [1.29, 1.82) is 0 Å². The zero-order chi connectivity index (χ0) is 12.8. The lowest BCUT2D eigenvalue weighted by Crippen LogP contribution is -2.41. The Balaban J connectivity index is 1.85. The van der Waals surface area contributed by atoms with Crippen LogP contribution < -0.4 is 10.6 Å². The summed E-state index contributed by atoms with van der Waals surface area (Å²) in [6.45, 7) is 5.54. The Morgan fingerprint density at radius 2 is 2.22 bits per heavy atom. The van der Waals surface area contributed by atoms with Gasteiger partial charge in [-0.2, -0.15) is 0 Å². The van der Waals surface area contributed by atoms with E-state index in [1.54, 1.807) is 0 Å². The zero-order valence-corrected chi connectivity index (χ0v) is 10.9. The molecule has 0 spiro atoms. The second kappa shape index (κ2) is 6.52. The van der Waals surface area contributed by atoms with Gasteiger partial charge in [-0.05, 0) is 31.6 Å². The van der Waals surface area contributed by atoms with E-state index in [1.165, 1.54) is 0 Å². The fourth-order valence-electron chi connectivity index (χ4n) is 2.36. The Kier molecular flexibility index (Phi) is 4.73. The molecule has 0 aromatic heterocycles. The fraction of sp³-hybridized carbons (Fsp3) is 0.500. The molecule has 1 aromatic rings. The molecule has 1 aliphatic heterocycles. The minimum absolute atomic E-state index is 0.0648. The second-order valence-corrected chi connectivity index (χ2v) is 4.62. The minimum atomic E-state index is 0.0648. The van der Waals surface area contributed by atoms with Crippen LogP contribution in [0.3, 0.4) is 0 Å². The first-order chi connectivity index (χ1) is 8.79. The molecule has 2 rings (SSSR count). The van der Waals surface area contributed by atoms with E-state index in [2.05, 4.69) is 22.5 Å². The third kappa shape index (κ3) is 3.55. The molecule has 1 unspecified atom stereocenters. The third-order valence-corrected chi connectivity index (χ3v) is 3.36. The molecule has 4 nitrogen and oxygen atoms in total. The van der Waals surface area contributed by atoms with Crippen LogP contribution in [-0.4, -0.2) is 43.0 Å². The van der Waals surface area contributed by atoms with E-state index in [4.69, 9.17) is 0 Å². The number of rotatable bonds is 5. The van der Waals surface area contributed by atoms with Crippen LogP contribution in [-0.2, 0) is 4.79 Å². The van der Waals surface area contributed by atoms with Gasteiger partial charge in [0.05, 0.1) is 6.54 Å². The standard InChI is InChI=1S/C14H21N3O/c1-2-17(13-8-9-15-10-13)11-14(18)16-12-6-4-3-5-7-12/h3-7,13,15H,2,8-11H2,1H3,(H,16,18). The molecule has 1 aromatic carbocycles. The summed E-state index contributed by atoms with van der Waals surface area (Å²) in [6.07, 6.45) is 1.13. The number of para-hydroxylation sites is 1. The Hall–Kier alpha value is -1.39. The van der Waals surface area contributed by atoms with E-state index in [1.807, 2.05) is 30.3 Å². The highest BCUT2D eigenvalue weighted by atomic mass is 16.2. The van der Waals surface area contributed by atoms with Gasteiger partial charge < -0.3 is 10.6 Å². The molecule has 2 N–H and O–H groups in total. The Morgan fingerprint density at radius 1 is 1.44 bits per heavy atom. The Morgan fingerprint density at radius 3 is 2.83 bits per heavy atom. The van der Waals surface area contributed by atoms with Crippen molar-refractivity contribution in [2.75, 3.05) is 31.5 Å². The van der Waals surface area contributed by atoms with Gasteiger partial charge in [0, 0.05) is 18.3 Å². The largest absolute Gasteiger partial charge is 0.325 e. The first kappa shape index (κ1) is 13.1. The summed E-state index contributed by atoms with van der Waals surface area (Å²) < 4.78 is 0. The maximum atomic E-state index is 12.0. The number of carbonyl (C=O) groups is 1. The lowest BCUT2D eigenvalue weighted by atomic mass is 10.2. The Bertz CT molecular complexity index is 374. The first-order valence-corrected chi connectivity index (χ1v) is 6.59. The molecule has 18 heavy (non-hydrogen) atoms. The fourth-order valence-corrected chi connectivity index (χ4v) is 2.36. The van der Waals surface area contributed by atoms with E-state index in [-0.39, 0.29) is 5.91 Å². The molecule has 1 fully saturated rings. The van der Waals surface area contributed by atoms with Crippen molar-refractivity contribution in [1.82, 2.24) is 10.2 Å². The number of likely N-dealkylation sites (N-methyl/N-ethyl adjacent to an activating group) is 1. The molecule has 0 bridgehead atoms. The molecule has 1 saturated heterocycles. The van der Waals surface area contributed by atoms with E-state index in [9.17, 15) is 4.79 Å². The minimum Gasteiger partial charge on any atom is -0.325 e. The maximum Gasteiger partial charge on any atom is 0.238 e. The highest BCUT2D eigenvalue weighted by Gasteiger charge is 2.22. The summed E-state index contributed by atoms with van der Waals surface area (Å²) in [4.78, 5) is 14.2. The van der Waals surface area contributed by atoms with Gasteiger partial charge in [-0.3, -0.25) is 9.69 Å². The lowest BCUT2D eigenvalue weighted by molar-refractivity contribution is -0.117. The molecule has 0 saturated carbocycles. The van der Waals surface area contributed by atoms with Crippen molar-refractivity contribution in [3.05, 3.63) is 30.3 Å². The van der Waals surface area contributed by atoms with Crippen LogP contribution in [0.2, 0.25) is 0 Å². The molecule has 1 amide bonds. The van der Waals surface area contributed by atoms with Crippen LogP contribution in [0.5, 0.6) is 0 Å². The summed E-state index contributed by atoms with van der Waals surface area (Å²) in [7, 11) is 0. The summed E-state index contributed by atoms with van der Waals surface area (Å²) >= 11 is 0. The smallest absolute Gasteiger partial charge is 0.238 e. The van der Waals surface area contributed by atoms with Gasteiger partial charge in [0.15, 0.2) is 0 Å². The van der Waals surface area contributed by atoms with Gasteiger partial charge in [-0.1, -0.05) is 25.1 Å². The van der Waals surface area contributed by atoms with Crippen molar-refractivity contribution < 1.29 is 4.79 Å². The van der Waals surface area contributed by atoms with Gasteiger partial charge in [0.1, 0.15) is 0 Å². The van der Waals surface area contributed by atoms with Gasteiger partial charge in [-0.15, -0.1) is 0 Å². The quantitative estimate of drug-likeness (QED) is 0.824. The van der Waals surface area contributed by atoms with Crippen LogP contribution >= 0.6 is 0 Å². The number of nitrogens with zero attached hydrogens (tertiary/aromatic N) is 1. The molecule has 98 valence electrons. The highest BCUT2D eigenvalue weighted by molar-refractivity contribution is 5.92. The Labute approximate surface area is 108 Å². The van der Waals surface area contributed by atoms with E-state index < -0.39 is 0 Å². The second-order valence-electron chi connectivity index (χ2n) is 4.62. The number of carbonyl (C=O) groups excluding carboxylic acids is 1. The summed E-state index contributed by atoms with van der Waals surface area (Å²) in [6, 6.07) is 10.1. The van der Waals surface area contributed by atoms with Crippen molar-refractivity contribution in [3.63, 3.8) is 0 Å². The molecule has 4 heteroatoms. The van der Waals surface area contributed by atoms with Gasteiger partial charge in [0.2, 0.25) is 5.91 Å². The van der Waals surface area contributed by atoms with Gasteiger partial charge in [-0.25, -0.2) is 0 Å². The van der Waals surface area contributed by atoms with Crippen molar-refractivity contribution in [2.24, 2.45) is 0 Å². The average molecular weight is 247 g/mol. The maximum absolute atomic E-state index is 12.0. The molecular weight excluding hydrogens is 226 g/mol. The monoisotopic (exact) mass is 247 g/mol. The number of hydrogen-bond donors (Lipinski definition) is 2. The van der Waals surface area contributed by atoms with Crippen LogP contribution in [0.4, 0.5) is 5.69 Å². The van der Waals surface area contributed by atoms with Gasteiger partial charge in [0.25, 0.3) is 0 Å². The first-order valence-electron chi connectivity index (χ1n) is 6.59. The van der Waals surface area contributed by atoms with Crippen LogP contribution in [0.1, 0.15) is 13.3 Å². The number of nitrogens with one attached hydrogen (secondary N) is 2. The summed E-state index contributed by atoms with van der Waals surface area (Å²) in [5, 5.41) is 6.27. The molecule has 1 atom stereocenters. The van der Waals surface area contributed by atoms with Crippen molar-refractivity contribution in [3.8, 4) is 0 Å². The van der Waals surface area contributed by atoms with Crippen molar-refractivity contribution in [2.45, 2.75) is 19.4 Å². The summed E-state index contributed by atoms with van der Waals surface area (Å²) in [5.74, 6) is 0.0648. The van der Waals surface area contributed by atoms with Crippen LogP contribution in [0.15, 0.2) is 30.3 Å². The van der Waals surface area contributed by atoms with Gasteiger partial charge >= 0.3 is 0 Å². The highest BCUT2D eigenvalue weighted by Crippen LogP contribution is 2.09. The number of hydrogen-bond acceptors (Lipinski definition) is 3. The molecule has 1 aliphatic rings. The van der Waals surface area contributed by atoms with E-state index in [0.717, 1.165) is 31.7 Å². The summed E-state index contributed by atoms with van der Waals surface area (Å²) in [5.41, 5.74) is 0.864. The van der Waals surface area contributed by atoms with Crippen LogP contribution in [0, 0.1) is 0 Å². The normalized spacial score (nSPS) is 19.1. The SMILES string of the molecule is CCN(CC(=O)Nc1ccccc1)C1CCNC1. The molecule has 0 aliphatic carbocycles. The molecule has 1 heterocycles. The predicted molar refractivity (Wildman–Crippen MR) is 73.6 cm³/mol.